The van der Waals surface area contributed by atoms with Crippen LogP contribution in [0.4, 0.5) is 5.69 Å². The van der Waals surface area contributed by atoms with Crippen LogP contribution in [0.15, 0.2) is 42.6 Å². The molecule has 1 aliphatic heterocycles. The number of aromatic nitrogens is 2. The molecule has 3 aromatic rings. The molecule has 0 unspecified atom stereocenters. The van der Waals surface area contributed by atoms with Crippen molar-refractivity contribution in [1.82, 2.24) is 14.3 Å². The monoisotopic (exact) mass is 334 g/mol. The Morgan fingerprint density at radius 1 is 1.00 bits per heavy atom. The highest BCUT2D eigenvalue weighted by Gasteiger charge is 2.18. The highest BCUT2D eigenvalue weighted by atomic mass is 15.2. The van der Waals surface area contributed by atoms with Crippen LogP contribution in [0.5, 0.6) is 0 Å². The molecule has 2 aromatic heterocycles. The third-order valence-electron chi connectivity index (χ3n) is 5.20. The van der Waals surface area contributed by atoms with Gasteiger partial charge in [-0.1, -0.05) is 31.0 Å². The zero-order chi connectivity index (χ0) is 17.2. The summed E-state index contributed by atoms with van der Waals surface area (Å²) in [5.41, 5.74) is 12.4. The predicted octanol–water partition coefficient (Wildman–Crippen LogP) is 4.27. The number of imidazole rings is 1. The summed E-state index contributed by atoms with van der Waals surface area (Å²) in [4.78, 5) is 7.58. The molecule has 1 saturated heterocycles. The van der Waals surface area contributed by atoms with Gasteiger partial charge >= 0.3 is 0 Å². The van der Waals surface area contributed by atoms with Crippen LogP contribution in [0.2, 0.25) is 0 Å². The van der Waals surface area contributed by atoms with Crippen LogP contribution in [-0.4, -0.2) is 27.4 Å². The average molecular weight is 334 g/mol. The van der Waals surface area contributed by atoms with E-state index >= 15 is 0 Å². The Balaban J connectivity index is 1.80. The number of nitrogens with zero attached hydrogens (tertiary/aromatic N) is 3. The maximum atomic E-state index is 5.87. The van der Waals surface area contributed by atoms with Gasteiger partial charge in [0.25, 0.3) is 0 Å². The molecule has 4 rings (SSSR count). The Bertz CT molecular complexity index is 855. The Labute approximate surface area is 149 Å². The molecule has 3 heterocycles. The minimum Gasteiger partial charge on any atom is -0.399 e. The second-order valence-corrected chi connectivity index (χ2v) is 7.10. The summed E-state index contributed by atoms with van der Waals surface area (Å²) in [5.74, 6) is 0. The first-order chi connectivity index (χ1) is 12.2. The number of benzene rings is 1. The third-order valence-corrected chi connectivity index (χ3v) is 5.20. The summed E-state index contributed by atoms with van der Waals surface area (Å²) in [6.07, 6.45) is 7.45. The van der Waals surface area contributed by atoms with Gasteiger partial charge in [0.2, 0.25) is 0 Å². The number of anilines is 1. The number of nitrogen functional groups attached to an aromatic ring is 1. The zero-order valence-corrected chi connectivity index (χ0v) is 14.9. The number of hydrogen-bond donors (Lipinski definition) is 1. The van der Waals surface area contributed by atoms with Gasteiger partial charge in [-0.3, -0.25) is 4.90 Å². The SMILES string of the molecule is Cc1cccn2c(CN3CCCCCC3)c(-c3ccc(N)cc3)nc12. The molecule has 0 bridgehead atoms. The van der Waals surface area contributed by atoms with Crippen molar-refractivity contribution in [2.75, 3.05) is 18.8 Å². The number of aryl methyl sites for hydroxylation is 1. The molecule has 4 nitrogen and oxygen atoms in total. The van der Waals surface area contributed by atoms with Crippen LogP contribution in [-0.2, 0) is 6.54 Å². The molecule has 0 atom stereocenters. The number of pyridine rings is 1. The first-order valence-corrected chi connectivity index (χ1v) is 9.27. The zero-order valence-electron chi connectivity index (χ0n) is 14.9. The van der Waals surface area contributed by atoms with Crippen molar-refractivity contribution in [2.24, 2.45) is 0 Å². The molecule has 1 aromatic carbocycles. The van der Waals surface area contributed by atoms with E-state index in [1.54, 1.807) is 0 Å². The summed E-state index contributed by atoms with van der Waals surface area (Å²) in [6, 6.07) is 12.3. The van der Waals surface area contributed by atoms with E-state index in [4.69, 9.17) is 10.7 Å². The Hall–Kier alpha value is -2.33. The smallest absolute Gasteiger partial charge is 0.140 e. The summed E-state index contributed by atoms with van der Waals surface area (Å²) < 4.78 is 2.27. The molecule has 0 aliphatic carbocycles. The number of rotatable bonds is 3. The number of hydrogen-bond acceptors (Lipinski definition) is 3. The van der Waals surface area contributed by atoms with Crippen molar-refractivity contribution < 1.29 is 0 Å². The van der Waals surface area contributed by atoms with Gasteiger partial charge in [-0.25, -0.2) is 4.98 Å². The largest absolute Gasteiger partial charge is 0.399 e. The van der Waals surface area contributed by atoms with Crippen LogP contribution in [0.1, 0.15) is 36.9 Å². The molecule has 1 fully saturated rings. The lowest BCUT2D eigenvalue weighted by atomic mass is 10.1. The van der Waals surface area contributed by atoms with Gasteiger partial charge in [-0.05, 0) is 56.6 Å². The van der Waals surface area contributed by atoms with E-state index in [-0.39, 0.29) is 0 Å². The number of likely N-dealkylation sites (tertiary alicyclic amines) is 1. The summed E-state index contributed by atoms with van der Waals surface area (Å²) in [6.45, 7) is 5.44. The second-order valence-electron chi connectivity index (χ2n) is 7.10. The molecule has 0 radical (unpaired) electrons. The van der Waals surface area contributed by atoms with Crippen LogP contribution in [0.3, 0.4) is 0 Å². The van der Waals surface area contributed by atoms with Crippen molar-refractivity contribution in [3.8, 4) is 11.3 Å². The first kappa shape index (κ1) is 16.2. The van der Waals surface area contributed by atoms with E-state index in [2.05, 4.69) is 46.7 Å². The van der Waals surface area contributed by atoms with Crippen LogP contribution in [0.25, 0.3) is 16.9 Å². The first-order valence-electron chi connectivity index (χ1n) is 9.27. The molecule has 0 saturated carbocycles. The molecule has 25 heavy (non-hydrogen) atoms. The van der Waals surface area contributed by atoms with Gasteiger partial charge in [0.05, 0.1) is 11.4 Å². The predicted molar refractivity (Wildman–Crippen MR) is 104 cm³/mol. The van der Waals surface area contributed by atoms with Crippen LogP contribution < -0.4 is 5.73 Å². The van der Waals surface area contributed by atoms with E-state index in [1.807, 2.05) is 12.1 Å². The van der Waals surface area contributed by atoms with Crippen molar-refractivity contribution in [2.45, 2.75) is 39.2 Å². The molecule has 0 amide bonds. The molecule has 4 heteroatoms. The summed E-state index contributed by atoms with van der Waals surface area (Å²) in [7, 11) is 0. The fourth-order valence-corrected chi connectivity index (χ4v) is 3.78. The normalized spacial score (nSPS) is 16.2. The lowest BCUT2D eigenvalue weighted by Crippen LogP contribution is -2.25. The Morgan fingerprint density at radius 3 is 2.44 bits per heavy atom. The molecular weight excluding hydrogens is 308 g/mol. The lowest BCUT2D eigenvalue weighted by Gasteiger charge is -2.20. The maximum Gasteiger partial charge on any atom is 0.140 e. The fraction of sp³-hybridized carbons (Fsp3) is 0.381. The molecular formula is C21H26N4. The molecule has 130 valence electrons. The minimum absolute atomic E-state index is 0.790. The molecule has 2 N–H and O–H groups in total. The standard InChI is InChI=1S/C21H26N4/c1-16-7-6-14-25-19(15-24-12-4-2-3-5-13-24)20(23-21(16)25)17-8-10-18(22)11-9-17/h6-11,14H,2-5,12-13,15,22H2,1H3. The van der Waals surface area contributed by atoms with Crippen LogP contribution in [0, 0.1) is 6.92 Å². The summed E-state index contributed by atoms with van der Waals surface area (Å²) in [5, 5.41) is 0. The van der Waals surface area contributed by atoms with E-state index in [1.165, 1.54) is 50.0 Å². The highest BCUT2D eigenvalue weighted by Crippen LogP contribution is 2.28. The highest BCUT2D eigenvalue weighted by molar-refractivity contribution is 5.69. The van der Waals surface area contributed by atoms with E-state index in [9.17, 15) is 0 Å². The average Bonchev–Trinajstić information content (AvgIpc) is 2.79. The number of nitrogens with two attached hydrogens (primary N) is 1. The van der Waals surface area contributed by atoms with Crippen molar-refractivity contribution in [3.05, 3.63) is 53.9 Å². The topological polar surface area (TPSA) is 46.6 Å². The Kier molecular flexibility index (Phi) is 4.45. The summed E-state index contributed by atoms with van der Waals surface area (Å²) >= 11 is 0. The third kappa shape index (κ3) is 3.27. The second kappa shape index (κ2) is 6.89. The lowest BCUT2D eigenvalue weighted by molar-refractivity contribution is 0.273. The minimum atomic E-state index is 0.790. The van der Waals surface area contributed by atoms with Gasteiger partial charge in [-0.15, -0.1) is 0 Å². The quantitative estimate of drug-likeness (QED) is 0.728. The van der Waals surface area contributed by atoms with Crippen molar-refractivity contribution >= 4 is 11.3 Å². The maximum absolute atomic E-state index is 5.87. The van der Waals surface area contributed by atoms with Gasteiger partial charge in [-0.2, -0.15) is 0 Å². The molecule has 0 spiro atoms. The van der Waals surface area contributed by atoms with Gasteiger partial charge < -0.3 is 10.1 Å². The van der Waals surface area contributed by atoms with Crippen LogP contribution >= 0.6 is 0 Å². The van der Waals surface area contributed by atoms with Crippen molar-refractivity contribution in [1.29, 1.82) is 0 Å². The van der Waals surface area contributed by atoms with E-state index in [0.29, 0.717) is 0 Å². The Morgan fingerprint density at radius 2 is 1.72 bits per heavy atom. The van der Waals surface area contributed by atoms with Gasteiger partial charge in [0.15, 0.2) is 0 Å². The van der Waals surface area contributed by atoms with Gasteiger partial charge in [0.1, 0.15) is 5.65 Å². The van der Waals surface area contributed by atoms with E-state index < -0.39 is 0 Å². The fourth-order valence-electron chi connectivity index (χ4n) is 3.78. The van der Waals surface area contributed by atoms with Gasteiger partial charge in [0, 0.05) is 24.0 Å². The van der Waals surface area contributed by atoms with Crippen molar-refractivity contribution in [3.63, 3.8) is 0 Å². The number of fused-ring (bicyclic) bond motifs is 1. The molecule has 1 aliphatic rings. The van der Waals surface area contributed by atoms with E-state index in [0.717, 1.165) is 29.1 Å².